The number of rotatable bonds is 7. The van der Waals surface area contributed by atoms with Gasteiger partial charge in [0.15, 0.2) is 0 Å². The number of likely N-dealkylation sites (tertiary alicyclic amines) is 1. The highest BCUT2D eigenvalue weighted by molar-refractivity contribution is 7.89. The van der Waals surface area contributed by atoms with Crippen molar-refractivity contribution in [2.24, 2.45) is 0 Å². The highest BCUT2D eigenvalue weighted by Crippen LogP contribution is 2.39. The molecule has 1 saturated heterocycles. The van der Waals surface area contributed by atoms with E-state index in [-0.39, 0.29) is 24.6 Å². The number of sulfonamides is 1. The Hall–Kier alpha value is -3.81. The minimum Gasteiger partial charge on any atom is -0.449 e. The van der Waals surface area contributed by atoms with Gasteiger partial charge in [0.2, 0.25) is 10.0 Å². The summed E-state index contributed by atoms with van der Waals surface area (Å²) in [5.74, 6) is -0.576. The van der Waals surface area contributed by atoms with Crippen LogP contribution < -0.4 is 14.4 Å². The average molecular weight is 620 g/mol. The van der Waals surface area contributed by atoms with Gasteiger partial charge in [0, 0.05) is 24.5 Å². The summed E-state index contributed by atoms with van der Waals surface area (Å²) in [5.41, 5.74) is 3.74. The van der Waals surface area contributed by atoms with Crippen LogP contribution in [0.2, 0.25) is 0 Å². The number of carbonyl (C=O) groups is 1. The molecular weight excluding hydrogens is 587 g/mol. The van der Waals surface area contributed by atoms with Crippen LogP contribution in [-0.4, -0.2) is 68.8 Å². The largest absolute Gasteiger partial charge is 0.573 e. The summed E-state index contributed by atoms with van der Waals surface area (Å²) < 4.78 is 76.2. The Labute approximate surface area is 247 Å². The van der Waals surface area contributed by atoms with E-state index in [4.69, 9.17) is 4.74 Å². The topological polar surface area (TPSA) is 108 Å². The second kappa shape index (κ2) is 12.4. The number of hydrogen-bond donors (Lipinski definition) is 2. The number of halogens is 3. The first-order valence-electron chi connectivity index (χ1n) is 13.9. The Morgan fingerprint density at radius 3 is 2.09 bits per heavy atom. The summed E-state index contributed by atoms with van der Waals surface area (Å²) in [6, 6.07) is 17.3. The van der Waals surface area contributed by atoms with E-state index in [1.54, 1.807) is 0 Å². The molecule has 5 rings (SSSR count). The quantitative estimate of drug-likeness (QED) is 0.393. The van der Waals surface area contributed by atoms with Crippen LogP contribution in [0.3, 0.4) is 0 Å². The number of amides is 1. The van der Waals surface area contributed by atoms with Crippen molar-refractivity contribution < 1.29 is 41.0 Å². The molecule has 1 fully saturated rings. The fourth-order valence-electron chi connectivity index (χ4n) is 5.55. The van der Waals surface area contributed by atoms with E-state index < -0.39 is 46.4 Å². The first-order chi connectivity index (χ1) is 20.5. The summed E-state index contributed by atoms with van der Waals surface area (Å²) in [6.07, 6.45) is -4.79. The van der Waals surface area contributed by atoms with E-state index in [0.29, 0.717) is 6.42 Å². The lowest BCUT2D eigenvalue weighted by Crippen LogP contribution is -2.66. The molecule has 2 aliphatic rings. The van der Waals surface area contributed by atoms with Gasteiger partial charge >= 0.3 is 12.5 Å². The van der Waals surface area contributed by atoms with Crippen molar-refractivity contribution in [3.05, 3.63) is 83.9 Å². The van der Waals surface area contributed by atoms with Crippen molar-refractivity contribution in [1.82, 2.24) is 9.62 Å². The summed E-state index contributed by atoms with van der Waals surface area (Å²) in [5, 5.41) is 11.8. The number of para-hydroxylation sites is 2. The van der Waals surface area contributed by atoms with Crippen molar-refractivity contribution in [3.63, 3.8) is 0 Å². The van der Waals surface area contributed by atoms with Gasteiger partial charge in [0.25, 0.3) is 0 Å². The normalized spacial score (nSPS) is 20.5. The van der Waals surface area contributed by atoms with Crippen LogP contribution in [0.15, 0.2) is 77.7 Å². The maximum absolute atomic E-state index is 13.4. The van der Waals surface area contributed by atoms with Gasteiger partial charge in [-0.1, -0.05) is 43.3 Å². The molecule has 2 unspecified atom stereocenters. The van der Waals surface area contributed by atoms with Gasteiger partial charge in [-0.2, -0.15) is 0 Å². The molecule has 230 valence electrons. The number of anilines is 2. The number of carbonyl (C=O) groups excluding carboxylic acids is 1. The Balaban J connectivity index is 1.50. The standard InChI is InChI=1S/C30H32F3N3O6S/c1-2-17-41-29(38)35-18-24(34-43(39,40)23-15-13-22(14-16-23)42-30(31,32)33)28(37)27(19-35)36-25-9-5-3-7-20(25)11-12-21-8-4-6-10-26(21)36/h3-10,13-16,24,27-28,34,37H,2,11-12,17-19H2,1H3/t24?,27?,28-/m0/s1. The molecule has 0 bridgehead atoms. The molecule has 2 N–H and O–H groups in total. The molecule has 0 aliphatic carbocycles. The van der Waals surface area contributed by atoms with Crippen LogP contribution in [0.5, 0.6) is 5.75 Å². The van der Waals surface area contributed by atoms with Crippen LogP contribution in [-0.2, 0) is 27.6 Å². The third-order valence-corrected chi connectivity index (χ3v) is 9.00. The van der Waals surface area contributed by atoms with Crippen molar-refractivity contribution in [2.45, 2.75) is 55.6 Å². The zero-order valence-electron chi connectivity index (χ0n) is 23.3. The molecule has 1 amide bonds. The summed E-state index contributed by atoms with van der Waals surface area (Å²) in [7, 11) is -4.35. The van der Waals surface area contributed by atoms with Crippen molar-refractivity contribution in [2.75, 3.05) is 24.6 Å². The average Bonchev–Trinajstić information content (AvgIpc) is 3.13. The van der Waals surface area contributed by atoms with Crippen LogP contribution >= 0.6 is 0 Å². The number of benzene rings is 3. The molecule has 2 aliphatic heterocycles. The van der Waals surface area contributed by atoms with Gasteiger partial charge in [-0.25, -0.2) is 17.9 Å². The highest BCUT2D eigenvalue weighted by Gasteiger charge is 2.44. The SMILES string of the molecule is CCCOC(=O)N1CC(NS(=O)(=O)c2ccc(OC(F)(F)F)cc2)[C@H](O)C(N2c3ccccc3CCc3ccccc32)C1. The molecule has 0 aromatic heterocycles. The molecule has 43 heavy (non-hydrogen) atoms. The smallest absolute Gasteiger partial charge is 0.449 e. The number of fused-ring (bicyclic) bond motifs is 2. The molecule has 0 spiro atoms. The maximum atomic E-state index is 13.4. The minimum absolute atomic E-state index is 0.0497. The number of ether oxygens (including phenoxy) is 2. The Kier molecular flexibility index (Phi) is 8.86. The van der Waals surface area contributed by atoms with Crippen molar-refractivity contribution >= 4 is 27.5 Å². The van der Waals surface area contributed by atoms with Crippen LogP contribution in [0, 0.1) is 0 Å². The molecule has 3 aromatic carbocycles. The predicted molar refractivity (Wildman–Crippen MR) is 153 cm³/mol. The van der Waals surface area contributed by atoms with Gasteiger partial charge in [-0.15, -0.1) is 13.2 Å². The van der Waals surface area contributed by atoms with Gasteiger partial charge < -0.3 is 24.4 Å². The van der Waals surface area contributed by atoms with E-state index in [1.807, 2.05) is 60.4 Å². The highest BCUT2D eigenvalue weighted by atomic mass is 32.2. The summed E-state index contributed by atoms with van der Waals surface area (Å²) >= 11 is 0. The summed E-state index contributed by atoms with van der Waals surface area (Å²) in [4.78, 5) is 16.1. The summed E-state index contributed by atoms with van der Waals surface area (Å²) in [6.45, 7) is 1.88. The zero-order valence-corrected chi connectivity index (χ0v) is 24.1. The monoisotopic (exact) mass is 619 g/mol. The number of alkyl halides is 3. The number of hydrogen-bond acceptors (Lipinski definition) is 7. The molecule has 3 atom stereocenters. The number of nitrogens with zero attached hydrogens (tertiary/aromatic N) is 2. The predicted octanol–water partition coefficient (Wildman–Crippen LogP) is 4.76. The number of piperidine rings is 1. The molecule has 9 nitrogen and oxygen atoms in total. The van der Waals surface area contributed by atoms with Crippen LogP contribution in [0.4, 0.5) is 29.3 Å². The number of aryl methyl sites for hydroxylation is 2. The number of aliphatic hydroxyl groups excluding tert-OH is 1. The third kappa shape index (κ3) is 6.89. The van der Waals surface area contributed by atoms with E-state index in [0.717, 1.165) is 59.6 Å². The number of aliphatic hydroxyl groups is 1. The first kappa shape index (κ1) is 30.6. The Morgan fingerprint density at radius 2 is 1.53 bits per heavy atom. The minimum atomic E-state index is -4.93. The molecule has 0 saturated carbocycles. The van der Waals surface area contributed by atoms with Gasteiger partial charge in [0.05, 0.1) is 29.7 Å². The molecule has 3 aromatic rings. The zero-order chi connectivity index (χ0) is 30.8. The lowest BCUT2D eigenvalue weighted by molar-refractivity contribution is -0.274. The van der Waals surface area contributed by atoms with Crippen molar-refractivity contribution in [3.8, 4) is 5.75 Å². The Bertz CT molecular complexity index is 1500. The Morgan fingerprint density at radius 1 is 0.953 bits per heavy atom. The third-order valence-electron chi connectivity index (χ3n) is 7.49. The fourth-order valence-corrected chi connectivity index (χ4v) is 6.79. The van der Waals surface area contributed by atoms with Gasteiger partial charge in [-0.05, 0) is 66.8 Å². The van der Waals surface area contributed by atoms with E-state index >= 15 is 0 Å². The van der Waals surface area contributed by atoms with Crippen molar-refractivity contribution in [1.29, 1.82) is 0 Å². The molecule has 2 heterocycles. The molecule has 13 heteroatoms. The van der Waals surface area contributed by atoms with E-state index in [1.165, 1.54) is 4.90 Å². The number of nitrogens with one attached hydrogen (secondary N) is 1. The van der Waals surface area contributed by atoms with E-state index in [2.05, 4.69) is 9.46 Å². The van der Waals surface area contributed by atoms with Gasteiger partial charge in [0.1, 0.15) is 5.75 Å². The lowest BCUT2D eigenvalue weighted by atomic mass is 9.94. The fraction of sp³-hybridized carbons (Fsp3) is 0.367. The van der Waals surface area contributed by atoms with Crippen LogP contribution in [0.25, 0.3) is 0 Å². The van der Waals surface area contributed by atoms with Gasteiger partial charge in [-0.3, -0.25) is 0 Å². The molecular formula is C30H32F3N3O6S. The van der Waals surface area contributed by atoms with Crippen LogP contribution in [0.1, 0.15) is 24.5 Å². The second-order valence-electron chi connectivity index (χ2n) is 10.5. The lowest BCUT2D eigenvalue weighted by Gasteiger charge is -2.46. The molecule has 0 radical (unpaired) electrons. The van der Waals surface area contributed by atoms with E-state index in [9.17, 15) is 31.5 Å². The maximum Gasteiger partial charge on any atom is 0.573 e. The second-order valence-corrected chi connectivity index (χ2v) is 12.2. The first-order valence-corrected chi connectivity index (χ1v) is 15.4.